The minimum absolute atomic E-state index is 0. The number of piperidine rings is 1. The lowest BCUT2D eigenvalue weighted by Gasteiger charge is -2.36. The minimum Gasteiger partial charge on any atom is -0.382 e. The van der Waals surface area contributed by atoms with E-state index in [9.17, 15) is 9.59 Å². The van der Waals surface area contributed by atoms with Crippen molar-refractivity contribution in [3.05, 3.63) is 0 Å². The molecule has 174 valence electrons. The maximum absolute atomic E-state index is 12.7. The molecule has 10 heteroatoms. The molecule has 0 unspecified atom stereocenters. The van der Waals surface area contributed by atoms with Crippen molar-refractivity contribution >= 4 is 41.8 Å². The van der Waals surface area contributed by atoms with Crippen LogP contribution < -0.4 is 5.32 Å². The van der Waals surface area contributed by atoms with Crippen LogP contribution in [0.3, 0.4) is 0 Å². The summed E-state index contributed by atoms with van der Waals surface area (Å²) in [4.78, 5) is 34.9. The first kappa shape index (κ1) is 26.9. The third kappa shape index (κ3) is 8.93. The van der Waals surface area contributed by atoms with Crippen LogP contribution in [-0.4, -0.2) is 112 Å². The topological polar surface area (TPSA) is 86.7 Å². The number of rotatable bonds is 8. The van der Waals surface area contributed by atoms with Crippen molar-refractivity contribution < 1.29 is 19.1 Å². The molecule has 2 amide bonds. The standard InChI is InChI=1S/C20H37N5O4.HI/c1-4-28-13-5-8-21-20(22-16-18(26)23(2)3)25-9-6-17(7-10-25)19(27)24-11-14-29-15-12-24;/h17H,4-16H2,1-3H3,(H,21,22);1H. The van der Waals surface area contributed by atoms with Gasteiger partial charge in [0.2, 0.25) is 11.8 Å². The third-order valence-corrected chi connectivity index (χ3v) is 5.28. The van der Waals surface area contributed by atoms with Crippen LogP contribution in [0.2, 0.25) is 0 Å². The number of nitrogens with zero attached hydrogens (tertiary/aromatic N) is 4. The van der Waals surface area contributed by atoms with Crippen LogP contribution in [0.4, 0.5) is 0 Å². The fraction of sp³-hybridized carbons (Fsp3) is 0.850. The average Bonchev–Trinajstić information content (AvgIpc) is 2.75. The Labute approximate surface area is 197 Å². The van der Waals surface area contributed by atoms with Crippen LogP contribution in [0, 0.1) is 5.92 Å². The van der Waals surface area contributed by atoms with E-state index in [0.29, 0.717) is 39.5 Å². The van der Waals surface area contributed by atoms with E-state index in [4.69, 9.17) is 9.47 Å². The summed E-state index contributed by atoms with van der Waals surface area (Å²) in [7, 11) is 3.46. The molecule has 2 aliphatic rings. The smallest absolute Gasteiger partial charge is 0.243 e. The molecule has 0 saturated carbocycles. The highest BCUT2D eigenvalue weighted by atomic mass is 127. The van der Waals surface area contributed by atoms with Crippen LogP contribution >= 0.6 is 24.0 Å². The van der Waals surface area contributed by atoms with Gasteiger partial charge in [-0.15, -0.1) is 24.0 Å². The molecular weight excluding hydrogens is 501 g/mol. The Balaban J connectivity index is 0.00000450. The molecule has 2 rings (SSSR count). The molecule has 2 heterocycles. The average molecular weight is 539 g/mol. The highest BCUT2D eigenvalue weighted by Gasteiger charge is 2.30. The second-order valence-electron chi connectivity index (χ2n) is 7.60. The second-order valence-corrected chi connectivity index (χ2v) is 7.60. The second kappa shape index (κ2) is 14.8. The molecule has 0 bridgehead atoms. The first-order valence-corrected chi connectivity index (χ1v) is 10.7. The molecule has 1 N–H and O–H groups in total. The first-order chi connectivity index (χ1) is 14.0. The van der Waals surface area contributed by atoms with Gasteiger partial charge >= 0.3 is 0 Å². The predicted octanol–water partition coefficient (Wildman–Crippen LogP) is 0.636. The summed E-state index contributed by atoms with van der Waals surface area (Å²) in [5.41, 5.74) is 0. The van der Waals surface area contributed by atoms with Crippen molar-refractivity contribution in [3.63, 3.8) is 0 Å². The molecule has 2 saturated heterocycles. The van der Waals surface area contributed by atoms with Gasteiger partial charge in [0, 0.05) is 66.0 Å². The molecule has 0 aromatic heterocycles. The lowest BCUT2D eigenvalue weighted by Crippen LogP contribution is -2.50. The number of morpholine rings is 1. The number of hydrogen-bond donors (Lipinski definition) is 1. The fourth-order valence-corrected chi connectivity index (χ4v) is 3.45. The summed E-state index contributed by atoms with van der Waals surface area (Å²) in [5, 5.41) is 3.36. The monoisotopic (exact) mass is 539 g/mol. The third-order valence-electron chi connectivity index (χ3n) is 5.28. The summed E-state index contributed by atoms with van der Waals surface area (Å²) in [5.74, 6) is 1.02. The van der Waals surface area contributed by atoms with Gasteiger partial charge < -0.3 is 29.5 Å². The van der Waals surface area contributed by atoms with Gasteiger partial charge in [0.25, 0.3) is 0 Å². The van der Waals surface area contributed by atoms with Crippen LogP contribution in [0.25, 0.3) is 0 Å². The zero-order valence-electron chi connectivity index (χ0n) is 18.6. The quantitative estimate of drug-likeness (QED) is 0.211. The number of nitrogens with one attached hydrogen (secondary N) is 1. The Morgan fingerprint density at radius 2 is 1.80 bits per heavy atom. The number of aliphatic imine (C=N–C) groups is 1. The van der Waals surface area contributed by atoms with Gasteiger partial charge in [-0.05, 0) is 26.2 Å². The van der Waals surface area contributed by atoms with Gasteiger partial charge in [-0.3, -0.25) is 9.59 Å². The van der Waals surface area contributed by atoms with Gasteiger partial charge in [-0.25, -0.2) is 4.99 Å². The minimum atomic E-state index is -0.0315. The molecule has 0 aromatic carbocycles. The van der Waals surface area contributed by atoms with Crippen molar-refractivity contribution in [2.75, 3.05) is 79.8 Å². The maximum atomic E-state index is 12.7. The Hall–Kier alpha value is -1.14. The molecule has 2 aliphatic heterocycles. The van der Waals surface area contributed by atoms with Gasteiger partial charge in [0.05, 0.1) is 13.2 Å². The van der Waals surface area contributed by atoms with Crippen molar-refractivity contribution in [2.24, 2.45) is 10.9 Å². The Morgan fingerprint density at radius 1 is 1.13 bits per heavy atom. The molecular formula is C20H38IN5O4. The summed E-state index contributed by atoms with van der Waals surface area (Å²) >= 11 is 0. The molecule has 0 radical (unpaired) electrons. The number of likely N-dealkylation sites (tertiary alicyclic amines) is 1. The van der Waals surface area contributed by atoms with E-state index in [1.165, 1.54) is 0 Å². The normalized spacial score (nSPS) is 18.0. The highest BCUT2D eigenvalue weighted by Crippen LogP contribution is 2.20. The summed E-state index contributed by atoms with van der Waals surface area (Å²) in [6, 6.07) is 0. The number of hydrogen-bond acceptors (Lipinski definition) is 5. The van der Waals surface area contributed by atoms with E-state index >= 15 is 0 Å². The molecule has 0 aromatic rings. The van der Waals surface area contributed by atoms with E-state index < -0.39 is 0 Å². The van der Waals surface area contributed by atoms with E-state index in [2.05, 4.69) is 15.2 Å². The predicted molar refractivity (Wildman–Crippen MR) is 127 cm³/mol. The zero-order chi connectivity index (χ0) is 21.1. The van der Waals surface area contributed by atoms with E-state index in [-0.39, 0.29) is 48.3 Å². The SMILES string of the molecule is CCOCCCNC(=NCC(=O)N(C)C)N1CCC(C(=O)N2CCOCC2)CC1.I. The van der Waals surface area contributed by atoms with Crippen LogP contribution in [0.15, 0.2) is 4.99 Å². The van der Waals surface area contributed by atoms with Crippen molar-refractivity contribution in [3.8, 4) is 0 Å². The zero-order valence-corrected chi connectivity index (χ0v) is 20.9. The Kier molecular flexibility index (Phi) is 13.3. The highest BCUT2D eigenvalue weighted by molar-refractivity contribution is 14.0. The van der Waals surface area contributed by atoms with E-state index in [1.54, 1.807) is 19.0 Å². The lowest BCUT2D eigenvalue weighted by molar-refractivity contribution is -0.140. The summed E-state index contributed by atoms with van der Waals surface area (Å²) in [6.45, 7) is 8.42. The van der Waals surface area contributed by atoms with Gasteiger partial charge in [0.15, 0.2) is 5.96 Å². The Morgan fingerprint density at radius 3 is 2.40 bits per heavy atom. The van der Waals surface area contributed by atoms with Crippen molar-refractivity contribution in [1.29, 1.82) is 0 Å². The molecule has 2 fully saturated rings. The number of halogens is 1. The van der Waals surface area contributed by atoms with Gasteiger partial charge in [-0.2, -0.15) is 0 Å². The van der Waals surface area contributed by atoms with Gasteiger partial charge in [-0.1, -0.05) is 0 Å². The van der Waals surface area contributed by atoms with Crippen LogP contribution in [0.5, 0.6) is 0 Å². The lowest BCUT2D eigenvalue weighted by atomic mass is 9.95. The Bertz CT molecular complexity index is 547. The molecule has 0 atom stereocenters. The van der Waals surface area contributed by atoms with Crippen LogP contribution in [-0.2, 0) is 19.1 Å². The first-order valence-electron chi connectivity index (χ1n) is 10.7. The number of amides is 2. The number of carbonyl (C=O) groups excluding carboxylic acids is 2. The number of likely N-dealkylation sites (N-methyl/N-ethyl adjacent to an activating group) is 1. The maximum Gasteiger partial charge on any atom is 0.243 e. The molecule has 0 aliphatic carbocycles. The molecule has 30 heavy (non-hydrogen) atoms. The molecule has 9 nitrogen and oxygen atoms in total. The number of ether oxygens (including phenoxy) is 2. The molecule has 0 spiro atoms. The van der Waals surface area contributed by atoms with E-state index in [0.717, 1.165) is 44.9 Å². The summed E-state index contributed by atoms with van der Waals surface area (Å²) in [6.07, 6.45) is 2.48. The van der Waals surface area contributed by atoms with Gasteiger partial charge in [0.1, 0.15) is 6.54 Å². The van der Waals surface area contributed by atoms with Crippen molar-refractivity contribution in [1.82, 2.24) is 20.0 Å². The number of carbonyl (C=O) groups is 2. The van der Waals surface area contributed by atoms with Crippen molar-refractivity contribution in [2.45, 2.75) is 26.2 Å². The largest absolute Gasteiger partial charge is 0.382 e. The fourth-order valence-electron chi connectivity index (χ4n) is 3.45. The van der Waals surface area contributed by atoms with E-state index in [1.807, 2.05) is 11.8 Å². The van der Waals surface area contributed by atoms with Crippen LogP contribution in [0.1, 0.15) is 26.2 Å². The summed E-state index contributed by atoms with van der Waals surface area (Å²) < 4.78 is 10.7. The number of guanidine groups is 1.